The number of anilines is 1. The van der Waals surface area contributed by atoms with Crippen molar-refractivity contribution in [2.75, 3.05) is 18.4 Å². The summed E-state index contributed by atoms with van der Waals surface area (Å²) in [5.74, 6) is -1.14. The topological polar surface area (TPSA) is 114 Å². The smallest absolute Gasteiger partial charge is 0.274 e. The summed E-state index contributed by atoms with van der Waals surface area (Å²) in [5, 5.41) is 3.88. The van der Waals surface area contributed by atoms with Gasteiger partial charge in [0.2, 0.25) is 11.9 Å². The van der Waals surface area contributed by atoms with E-state index in [4.69, 9.17) is 5.73 Å². The molecule has 3 aromatic rings. The molecule has 0 saturated carbocycles. The molecular weight excluding hydrogens is 395 g/mol. The van der Waals surface area contributed by atoms with Gasteiger partial charge in [-0.1, -0.05) is 12.1 Å². The predicted molar refractivity (Wildman–Crippen MR) is 107 cm³/mol. The molecule has 0 unspecified atom stereocenters. The number of carbonyl (C=O) groups excluding carboxylic acids is 2. The van der Waals surface area contributed by atoms with Crippen LogP contribution in [0.3, 0.4) is 0 Å². The van der Waals surface area contributed by atoms with Gasteiger partial charge in [0, 0.05) is 13.1 Å². The van der Waals surface area contributed by atoms with E-state index in [1.807, 2.05) is 13.8 Å². The predicted octanol–water partition coefficient (Wildman–Crippen LogP) is 2.26. The summed E-state index contributed by atoms with van der Waals surface area (Å²) in [6.07, 6.45) is 0. The average Bonchev–Trinajstić information content (AvgIpc) is 2.99. The Bertz CT molecular complexity index is 1110. The molecule has 0 aliphatic carbocycles. The Balaban J connectivity index is 1.64. The number of carbonyl (C=O) groups is 2. The minimum atomic E-state index is -0.415. The van der Waals surface area contributed by atoms with Crippen molar-refractivity contribution in [3.05, 3.63) is 46.3 Å². The van der Waals surface area contributed by atoms with Crippen LogP contribution in [0.2, 0.25) is 0 Å². The van der Waals surface area contributed by atoms with Crippen LogP contribution >= 0.6 is 11.3 Å². The van der Waals surface area contributed by atoms with E-state index >= 15 is 0 Å². The second-order valence-electron chi connectivity index (χ2n) is 7.01. The number of benzene rings is 1. The standard InChI is InChI=1S/C19H19FN6O2S/c1-9(11-4-3-5-13(20)6-11)22-19-24-14(15-17(25-19)23-10(2)29-15)18(28)26-7-12(8-26)16(21)27/h3-6,9,12H,7-8H2,1-2H3,(H2,21,27)(H,22,24,25)/t9-/m0/s1. The lowest BCUT2D eigenvalue weighted by molar-refractivity contribution is -0.125. The molecule has 1 saturated heterocycles. The Kier molecular flexibility index (Phi) is 4.87. The van der Waals surface area contributed by atoms with E-state index in [0.717, 1.165) is 10.6 Å². The van der Waals surface area contributed by atoms with E-state index in [-0.39, 0.29) is 48.4 Å². The number of fused-ring (bicyclic) bond motifs is 1. The van der Waals surface area contributed by atoms with Crippen LogP contribution in [-0.2, 0) is 4.79 Å². The van der Waals surface area contributed by atoms with Gasteiger partial charge in [-0.15, -0.1) is 11.3 Å². The first-order valence-corrected chi connectivity index (χ1v) is 9.89. The van der Waals surface area contributed by atoms with Crippen molar-refractivity contribution in [2.24, 2.45) is 11.7 Å². The monoisotopic (exact) mass is 414 g/mol. The first kappa shape index (κ1) is 19.2. The third kappa shape index (κ3) is 3.75. The maximum Gasteiger partial charge on any atom is 0.274 e. The van der Waals surface area contributed by atoms with Crippen LogP contribution in [0.5, 0.6) is 0 Å². The number of nitrogens with one attached hydrogen (secondary N) is 1. The summed E-state index contributed by atoms with van der Waals surface area (Å²) < 4.78 is 14.1. The molecule has 4 rings (SSSR count). The molecule has 1 fully saturated rings. The number of thiazole rings is 1. The van der Waals surface area contributed by atoms with Crippen LogP contribution in [0.15, 0.2) is 24.3 Å². The quantitative estimate of drug-likeness (QED) is 0.662. The molecule has 2 aromatic heterocycles. The summed E-state index contributed by atoms with van der Waals surface area (Å²) in [4.78, 5) is 39.0. The molecule has 3 heterocycles. The van der Waals surface area contributed by atoms with Crippen LogP contribution in [-0.4, -0.2) is 44.8 Å². The maximum absolute atomic E-state index is 13.5. The number of nitrogens with two attached hydrogens (primary N) is 1. The number of hydrogen-bond donors (Lipinski definition) is 2. The van der Waals surface area contributed by atoms with Crippen LogP contribution in [0, 0.1) is 18.7 Å². The molecule has 1 aromatic carbocycles. The Morgan fingerprint density at radius 2 is 2.07 bits per heavy atom. The molecule has 10 heteroatoms. The highest BCUT2D eigenvalue weighted by Gasteiger charge is 2.36. The number of hydrogen-bond acceptors (Lipinski definition) is 7. The largest absolute Gasteiger partial charge is 0.369 e. The number of halogens is 1. The summed E-state index contributed by atoms with van der Waals surface area (Å²) in [7, 11) is 0. The summed E-state index contributed by atoms with van der Waals surface area (Å²) in [6.45, 7) is 4.23. The zero-order valence-corrected chi connectivity index (χ0v) is 16.7. The van der Waals surface area contributed by atoms with Crippen LogP contribution < -0.4 is 11.1 Å². The number of aromatic nitrogens is 3. The molecule has 1 aliphatic heterocycles. The Hall–Kier alpha value is -3.14. The number of primary amides is 1. The van der Waals surface area contributed by atoms with Crippen molar-refractivity contribution >= 4 is 39.4 Å². The van der Waals surface area contributed by atoms with Gasteiger partial charge >= 0.3 is 0 Å². The lowest BCUT2D eigenvalue weighted by Gasteiger charge is -2.37. The van der Waals surface area contributed by atoms with Gasteiger partial charge in [-0.3, -0.25) is 9.59 Å². The van der Waals surface area contributed by atoms with Gasteiger partial charge in [0.05, 0.1) is 17.0 Å². The minimum absolute atomic E-state index is 0.231. The number of likely N-dealkylation sites (tertiary alicyclic amines) is 1. The van der Waals surface area contributed by atoms with Gasteiger partial charge in [0.1, 0.15) is 10.5 Å². The van der Waals surface area contributed by atoms with Gasteiger partial charge in [0.15, 0.2) is 11.3 Å². The average molecular weight is 414 g/mol. The molecule has 150 valence electrons. The molecule has 8 nitrogen and oxygen atoms in total. The number of rotatable bonds is 5. The molecule has 3 N–H and O–H groups in total. The normalized spacial score (nSPS) is 15.2. The highest BCUT2D eigenvalue weighted by atomic mass is 32.1. The van der Waals surface area contributed by atoms with Crippen molar-refractivity contribution in [2.45, 2.75) is 19.9 Å². The number of nitrogens with zero attached hydrogens (tertiary/aromatic N) is 4. The maximum atomic E-state index is 13.5. The number of aryl methyl sites for hydroxylation is 1. The van der Waals surface area contributed by atoms with Crippen molar-refractivity contribution in [3.8, 4) is 0 Å². The second-order valence-corrected chi connectivity index (χ2v) is 8.22. The second kappa shape index (κ2) is 7.36. The first-order chi connectivity index (χ1) is 13.8. The molecule has 29 heavy (non-hydrogen) atoms. The van der Waals surface area contributed by atoms with E-state index in [0.29, 0.717) is 10.3 Å². The summed E-state index contributed by atoms with van der Waals surface area (Å²) in [6, 6.07) is 5.95. The lowest BCUT2D eigenvalue weighted by Crippen LogP contribution is -2.54. The minimum Gasteiger partial charge on any atom is -0.369 e. The summed E-state index contributed by atoms with van der Waals surface area (Å²) >= 11 is 1.34. The van der Waals surface area contributed by atoms with Gasteiger partial charge in [-0.05, 0) is 31.5 Å². The van der Waals surface area contributed by atoms with E-state index < -0.39 is 5.91 Å². The molecular formula is C19H19FN6O2S. The fourth-order valence-corrected chi connectivity index (χ4v) is 4.00. The summed E-state index contributed by atoms with van der Waals surface area (Å²) in [5.41, 5.74) is 6.67. The van der Waals surface area contributed by atoms with Crippen molar-refractivity contribution in [1.82, 2.24) is 19.9 Å². The molecule has 1 atom stereocenters. The van der Waals surface area contributed by atoms with Gasteiger partial charge < -0.3 is 16.0 Å². The van der Waals surface area contributed by atoms with Crippen LogP contribution in [0.25, 0.3) is 10.3 Å². The van der Waals surface area contributed by atoms with Crippen LogP contribution in [0.4, 0.5) is 10.3 Å². The fraction of sp³-hybridized carbons (Fsp3) is 0.316. The van der Waals surface area contributed by atoms with Crippen molar-refractivity contribution in [3.63, 3.8) is 0 Å². The third-order valence-corrected chi connectivity index (χ3v) is 5.80. The molecule has 1 aliphatic rings. The molecule has 0 bridgehead atoms. The molecule has 0 spiro atoms. The van der Waals surface area contributed by atoms with Gasteiger partial charge in [-0.25, -0.2) is 14.4 Å². The lowest BCUT2D eigenvalue weighted by atomic mass is 9.99. The third-order valence-electron chi connectivity index (χ3n) is 4.83. The SMILES string of the molecule is Cc1nc2nc(N[C@@H](C)c3cccc(F)c3)nc(C(=O)N3CC(C(N)=O)C3)c2s1. The van der Waals surface area contributed by atoms with Gasteiger partial charge in [0.25, 0.3) is 5.91 Å². The Morgan fingerprint density at radius 1 is 1.31 bits per heavy atom. The van der Waals surface area contributed by atoms with E-state index in [2.05, 4.69) is 20.3 Å². The van der Waals surface area contributed by atoms with Crippen LogP contribution in [0.1, 0.15) is 34.0 Å². The Morgan fingerprint density at radius 3 is 2.76 bits per heavy atom. The zero-order valence-electron chi connectivity index (χ0n) is 15.8. The highest BCUT2D eigenvalue weighted by molar-refractivity contribution is 7.18. The number of amides is 2. The zero-order chi connectivity index (χ0) is 20.7. The fourth-order valence-electron chi connectivity index (χ4n) is 3.16. The van der Waals surface area contributed by atoms with E-state index in [9.17, 15) is 14.0 Å². The molecule has 0 radical (unpaired) electrons. The van der Waals surface area contributed by atoms with E-state index in [1.165, 1.54) is 28.4 Å². The molecule has 2 amide bonds. The highest BCUT2D eigenvalue weighted by Crippen LogP contribution is 2.28. The van der Waals surface area contributed by atoms with Crippen molar-refractivity contribution < 1.29 is 14.0 Å². The van der Waals surface area contributed by atoms with Gasteiger partial charge in [-0.2, -0.15) is 4.98 Å². The first-order valence-electron chi connectivity index (χ1n) is 9.07. The Labute approximate surface area is 170 Å². The van der Waals surface area contributed by atoms with Crippen molar-refractivity contribution in [1.29, 1.82) is 0 Å². The van der Waals surface area contributed by atoms with E-state index in [1.54, 1.807) is 12.1 Å².